The van der Waals surface area contributed by atoms with Crippen molar-refractivity contribution >= 4 is 46.8 Å². The number of carbonyl (C=O) groups excluding carboxylic acids is 2. The average Bonchev–Trinajstić information content (AvgIpc) is 2.76. The number of halogens is 2. The maximum absolute atomic E-state index is 13.3. The third-order valence-electron chi connectivity index (χ3n) is 5.39. The molecular formula is C25H32Cl2N2O2S. The number of thioether (sulfide) groups is 1. The van der Waals surface area contributed by atoms with E-state index in [0.717, 1.165) is 17.7 Å². The van der Waals surface area contributed by atoms with Crippen LogP contribution in [0.3, 0.4) is 0 Å². The monoisotopic (exact) mass is 494 g/mol. The molecule has 0 bridgehead atoms. The number of amides is 2. The Hall–Kier alpha value is -1.69. The summed E-state index contributed by atoms with van der Waals surface area (Å²) in [5.74, 6) is 0.734. The fraction of sp³-hybridized carbons (Fsp3) is 0.440. The molecule has 32 heavy (non-hydrogen) atoms. The third kappa shape index (κ3) is 7.72. The number of aryl methyl sites for hydroxylation is 1. The SMILES string of the molecule is CC[C@@H](C)NC(=O)[C@@H](CC)N(Cc1c(Cl)cccc1Cl)C(=O)CSCc1ccc(C)cc1. The van der Waals surface area contributed by atoms with E-state index in [2.05, 4.69) is 29.6 Å². The van der Waals surface area contributed by atoms with Gasteiger partial charge in [0.15, 0.2) is 0 Å². The maximum Gasteiger partial charge on any atom is 0.243 e. The summed E-state index contributed by atoms with van der Waals surface area (Å²) in [6, 6.07) is 13.0. The second-order valence-corrected chi connectivity index (χ2v) is 9.74. The Bertz CT molecular complexity index is 885. The van der Waals surface area contributed by atoms with Gasteiger partial charge in [-0.25, -0.2) is 0 Å². The van der Waals surface area contributed by atoms with Crippen molar-refractivity contribution in [3.63, 3.8) is 0 Å². The van der Waals surface area contributed by atoms with Crippen LogP contribution in [0.4, 0.5) is 0 Å². The predicted molar refractivity (Wildman–Crippen MR) is 136 cm³/mol. The van der Waals surface area contributed by atoms with Gasteiger partial charge < -0.3 is 10.2 Å². The molecule has 0 fully saturated rings. The summed E-state index contributed by atoms with van der Waals surface area (Å²) in [6.45, 7) is 8.12. The number of hydrogen-bond acceptors (Lipinski definition) is 3. The zero-order valence-corrected chi connectivity index (χ0v) is 21.5. The van der Waals surface area contributed by atoms with Gasteiger partial charge in [0.2, 0.25) is 11.8 Å². The van der Waals surface area contributed by atoms with Crippen LogP contribution in [0.25, 0.3) is 0 Å². The quantitative estimate of drug-likeness (QED) is 0.401. The van der Waals surface area contributed by atoms with Crippen LogP contribution in [0.1, 0.15) is 50.3 Å². The highest BCUT2D eigenvalue weighted by Gasteiger charge is 2.30. The second-order valence-electron chi connectivity index (χ2n) is 7.94. The second kappa shape index (κ2) is 13.1. The summed E-state index contributed by atoms with van der Waals surface area (Å²) < 4.78 is 0. The number of rotatable bonds is 11. The molecule has 7 heteroatoms. The van der Waals surface area contributed by atoms with Crippen LogP contribution in [0, 0.1) is 6.92 Å². The van der Waals surface area contributed by atoms with Crippen LogP contribution in [0.2, 0.25) is 10.0 Å². The Morgan fingerprint density at radius 2 is 1.66 bits per heavy atom. The van der Waals surface area contributed by atoms with Gasteiger partial charge in [-0.05, 0) is 44.4 Å². The zero-order chi connectivity index (χ0) is 23.7. The molecule has 4 nitrogen and oxygen atoms in total. The molecule has 2 aromatic carbocycles. The predicted octanol–water partition coefficient (Wildman–Crippen LogP) is 6.26. The van der Waals surface area contributed by atoms with Gasteiger partial charge in [-0.2, -0.15) is 0 Å². The van der Waals surface area contributed by atoms with Crippen molar-refractivity contribution in [3.05, 3.63) is 69.2 Å². The summed E-state index contributed by atoms with van der Waals surface area (Å²) in [5, 5.41) is 3.98. The molecule has 0 radical (unpaired) electrons. The van der Waals surface area contributed by atoms with Crippen LogP contribution < -0.4 is 5.32 Å². The van der Waals surface area contributed by atoms with E-state index >= 15 is 0 Å². The summed E-state index contributed by atoms with van der Waals surface area (Å²) in [5.41, 5.74) is 3.02. The maximum atomic E-state index is 13.3. The normalized spacial score (nSPS) is 12.8. The van der Waals surface area contributed by atoms with Gasteiger partial charge in [-0.15, -0.1) is 11.8 Å². The molecule has 2 aromatic rings. The Morgan fingerprint density at radius 3 is 2.22 bits per heavy atom. The lowest BCUT2D eigenvalue weighted by Crippen LogP contribution is -2.51. The summed E-state index contributed by atoms with van der Waals surface area (Å²) >= 11 is 14.3. The largest absolute Gasteiger partial charge is 0.352 e. The van der Waals surface area contributed by atoms with Crippen molar-refractivity contribution in [2.45, 2.75) is 64.9 Å². The van der Waals surface area contributed by atoms with Crippen molar-refractivity contribution in [1.82, 2.24) is 10.2 Å². The number of nitrogens with zero attached hydrogens (tertiary/aromatic N) is 1. The molecule has 0 heterocycles. The molecule has 0 aromatic heterocycles. The molecule has 0 saturated carbocycles. The van der Waals surface area contributed by atoms with E-state index in [9.17, 15) is 9.59 Å². The zero-order valence-electron chi connectivity index (χ0n) is 19.2. The summed E-state index contributed by atoms with van der Waals surface area (Å²) in [6.07, 6.45) is 1.32. The highest BCUT2D eigenvalue weighted by molar-refractivity contribution is 7.99. The Kier molecular flexibility index (Phi) is 10.9. The first kappa shape index (κ1) is 26.6. The van der Waals surface area contributed by atoms with Crippen LogP contribution in [-0.2, 0) is 21.9 Å². The standard InChI is InChI=1S/C25H32Cl2N2O2S/c1-5-18(4)28-25(31)23(6-2)29(14-20-21(26)8-7-9-22(20)27)24(30)16-32-15-19-12-10-17(3)11-13-19/h7-13,18,23H,5-6,14-16H2,1-4H3,(H,28,31)/t18-,23-/m1/s1. The minimum absolute atomic E-state index is 0.0355. The van der Waals surface area contributed by atoms with Gasteiger partial charge in [-0.1, -0.05) is 72.9 Å². The first-order chi connectivity index (χ1) is 15.3. The van der Waals surface area contributed by atoms with Crippen molar-refractivity contribution in [2.75, 3.05) is 5.75 Å². The van der Waals surface area contributed by atoms with Gasteiger partial charge in [0.1, 0.15) is 6.04 Å². The Balaban J connectivity index is 2.20. The smallest absolute Gasteiger partial charge is 0.243 e. The molecule has 2 rings (SSSR count). The van der Waals surface area contributed by atoms with Crippen LogP contribution in [-0.4, -0.2) is 34.6 Å². The fourth-order valence-corrected chi connectivity index (χ4v) is 4.63. The van der Waals surface area contributed by atoms with Crippen molar-refractivity contribution in [3.8, 4) is 0 Å². The lowest BCUT2D eigenvalue weighted by Gasteiger charge is -2.32. The Morgan fingerprint density at radius 1 is 1.03 bits per heavy atom. The summed E-state index contributed by atoms with van der Waals surface area (Å²) in [4.78, 5) is 27.9. The molecular weight excluding hydrogens is 463 g/mol. The highest BCUT2D eigenvalue weighted by atomic mass is 35.5. The summed E-state index contributed by atoms with van der Waals surface area (Å²) in [7, 11) is 0. The molecule has 0 aliphatic rings. The number of carbonyl (C=O) groups is 2. The molecule has 0 aliphatic heterocycles. The lowest BCUT2D eigenvalue weighted by atomic mass is 10.1. The number of nitrogens with one attached hydrogen (secondary N) is 1. The molecule has 0 spiro atoms. The Labute approximate surface area is 206 Å². The van der Waals surface area contributed by atoms with Crippen molar-refractivity contribution in [1.29, 1.82) is 0 Å². The van der Waals surface area contributed by atoms with Gasteiger partial charge in [0.25, 0.3) is 0 Å². The van der Waals surface area contributed by atoms with Crippen molar-refractivity contribution < 1.29 is 9.59 Å². The number of hydrogen-bond donors (Lipinski definition) is 1. The van der Waals surface area contributed by atoms with Gasteiger partial charge >= 0.3 is 0 Å². The average molecular weight is 496 g/mol. The van der Waals surface area contributed by atoms with E-state index in [1.165, 1.54) is 17.3 Å². The molecule has 0 unspecified atom stereocenters. The van der Waals surface area contributed by atoms with Crippen LogP contribution in [0.5, 0.6) is 0 Å². The van der Waals surface area contributed by atoms with E-state index in [4.69, 9.17) is 23.2 Å². The van der Waals surface area contributed by atoms with E-state index < -0.39 is 6.04 Å². The van der Waals surface area contributed by atoms with E-state index in [-0.39, 0.29) is 30.2 Å². The van der Waals surface area contributed by atoms with Gasteiger partial charge in [0, 0.05) is 33.9 Å². The topological polar surface area (TPSA) is 49.4 Å². The number of benzene rings is 2. The molecule has 0 aliphatic carbocycles. The van der Waals surface area contributed by atoms with Gasteiger partial charge in [0.05, 0.1) is 5.75 Å². The van der Waals surface area contributed by atoms with E-state index in [0.29, 0.717) is 22.0 Å². The molecule has 2 atom stereocenters. The first-order valence-corrected chi connectivity index (χ1v) is 12.8. The van der Waals surface area contributed by atoms with Gasteiger partial charge in [-0.3, -0.25) is 9.59 Å². The third-order valence-corrected chi connectivity index (χ3v) is 7.09. The molecule has 174 valence electrons. The minimum Gasteiger partial charge on any atom is -0.352 e. The minimum atomic E-state index is -0.594. The van der Waals surface area contributed by atoms with E-state index in [1.807, 2.05) is 27.7 Å². The lowest BCUT2D eigenvalue weighted by molar-refractivity contribution is -0.139. The first-order valence-electron chi connectivity index (χ1n) is 10.9. The van der Waals surface area contributed by atoms with Crippen molar-refractivity contribution in [2.24, 2.45) is 0 Å². The molecule has 2 amide bonds. The van der Waals surface area contributed by atoms with E-state index in [1.54, 1.807) is 23.1 Å². The van der Waals surface area contributed by atoms with Crippen LogP contribution >= 0.6 is 35.0 Å². The molecule has 0 saturated heterocycles. The highest BCUT2D eigenvalue weighted by Crippen LogP contribution is 2.27. The van der Waals surface area contributed by atoms with Crippen LogP contribution in [0.15, 0.2) is 42.5 Å². The fourth-order valence-electron chi connectivity index (χ4n) is 3.24. The molecule has 1 N–H and O–H groups in total.